The fourth-order valence-electron chi connectivity index (χ4n) is 3.50. The molecule has 1 aliphatic rings. The lowest BCUT2D eigenvalue weighted by molar-refractivity contribution is -0.929. The Morgan fingerprint density at radius 2 is 1.88 bits per heavy atom. The van der Waals surface area contributed by atoms with Crippen molar-refractivity contribution in [1.82, 2.24) is 19.8 Å². The van der Waals surface area contributed by atoms with Gasteiger partial charge < -0.3 is 9.64 Å². The average Bonchev–Trinajstić information content (AvgIpc) is 2.95. The van der Waals surface area contributed by atoms with Gasteiger partial charge in [0.1, 0.15) is 0 Å². The Morgan fingerprint density at radius 1 is 1.23 bits per heavy atom. The van der Waals surface area contributed by atoms with Gasteiger partial charge in [-0.05, 0) is 66.7 Å². The third-order valence-corrected chi connectivity index (χ3v) is 5.16. The number of esters is 1. The summed E-state index contributed by atoms with van der Waals surface area (Å²) in [6, 6.07) is 6.23. The van der Waals surface area contributed by atoms with Gasteiger partial charge in [-0.15, -0.1) is 0 Å². The lowest BCUT2D eigenvalue weighted by Crippen LogP contribution is -3.12. The maximum atomic E-state index is 11.9. The largest absolute Gasteiger partial charge is 0.466 e. The predicted octanol–water partition coefficient (Wildman–Crippen LogP) is 1.23. The van der Waals surface area contributed by atoms with E-state index >= 15 is 0 Å². The molecule has 0 atom stereocenters. The highest BCUT2D eigenvalue weighted by Crippen LogP contribution is 2.13. The fraction of sp³-hybridized carbons (Fsp3) is 0.556. The van der Waals surface area contributed by atoms with Crippen LogP contribution < -0.4 is 4.90 Å². The van der Waals surface area contributed by atoms with Crippen LogP contribution in [0, 0.1) is 24.5 Å². The van der Waals surface area contributed by atoms with E-state index in [1.165, 1.54) is 16.0 Å². The first kappa shape index (κ1) is 18.7. The lowest BCUT2D eigenvalue weighted by atomic mass is 9.97. The second kappa shape index (κ2) is 8.09. The molecule has 0 radical (unpaired) electrons. The smallest absolute Gasteiger partial charge is 0.309 e. The molecule has 0 bridgehead atoms. The standard InChI is InChI=1S/C18H25N5O2S/c1-4-25-17(24)15-5-7-21(8-6-15)12-22-18(26)23(20-19-22)16-10-13(2)9-14(3)11-16/h9-11,15H,4-8,12H2,1-3H3/p+1. The van der Waals surface area contributed by atoms with Crippen molar-refractivity contribution in [3.05, 3.63) is 34.1 Å². The molecule has 0 unspecified atom stereocenters. The van der Waals surface area contributed by atoms with Crippen LogP contribution in [0.1, 0.15) is 30.9 Å². The topological polar surface area (TPSA) is 66.4 Å². The average molecular weight is 377 g/mol. The zero-order chi connectivity index (χ0) is 18.7. The second-order valence-corrected chi connectivity index (χ2v) is 7.32. The van der Waals surface area contributed by atoms with Gasteiger partial charge in [-0.1, -0.05) is 6.07 Å². The van der Waals surface area contributed by atoms with Crippen LogP contribution in [0.4, 0.5) is 0 Å². The number of piperidine rings is 1. The summed E-state index contributed by atoms with van der Waals surface area (Å²) in [6.07, 6.45) is 1.68. The van der Waals surface area contributed by atoms with Crippen LogP contribution in [0.15, 0.2) is 18.2 Å². The number of nitrogens with one attached hydrogen (secondary N) is 1. The van der Waals surface area contributed by atoms with Gasteiger partial charge in [-0.2, -0.15) is 9.36 Å². The maximum Gasteiger partial charge on any atom is 0.309 e. The highest BCUT2D eigenvalue weighted by Gasteiger charge is 2.28. The number of benzene rings is 1. The summed E-state index contributed by atoms with van der Waals surface area (Å²) in [6.45, 7) is 8.88. The predicted molar refractivity (Wildman–Crippen MR) is 99.7 cm³/mol. The highest BCUT2D eigenvalue weighted by molar-refractivity contribution is 7.71. The number of tetrazole rings is 1. The molecule has 1 saturated heterocycles. The van der Waals surface area contributed by atoms with Crippen molar-refractivity contribution in [2.45, 2.75) is 40.3 Å². The van der Waals surface area contributed by atoms with E-state index in [1.54, 1.807) is 9.36 Å². The van der Waals surface area contributed by atoms with E-state index in [-0.39, 0.29) is 11.9 Å². The van der Waals surface area contributed by atoms with E-state index in [4.69, 9.17) is 17.0 Å². The normalized spacial score (nSPS) is 20.1. The Hall–Kier alpha value is -2.06. The molecule has 3 rings (SSSR count). The monoisotopic (exact) mass is 376 g/mol. The number of aromatic nitrogens is 4. The minimum absolute atomic E-state index is 0.0256. The van der Waals surface area contributed by atoms with Gasteiger partial charge in [0.15, 0.2) is 6.67 Å². The van der Waals surface area contributed by atoms with Gasteiger partial charge in [0.05, 0.1) is 31.3 Å². The van der Waals surface area contributed by atoms with Crippen molar-refractivity contribution in [3.8, 4) is 5.69 Å². The number of hydrogen-bond donors (Lipinski definition) is 1. The Kier molecular flexibility index (Phi) is 5.83. The van der Waals surface area contributed by atoms with Crippen LogP contribution in [0.25, 0.3) is 5.69 Å². The van der Waals surface area contributed by atoms with Crippen molar-refractivity contribution in [1.29, 1.82) is 0 Å². The Bertz CT molecular complexity index is 816. The molecule has 0 amide bonds. The minimum atomic E-state index is -0.0658. The lowest BCUT2D eigenvalue weighted by Gasteiger charge is -2.27. The van der Waals surface area contributed by atoms with Crippen LogP contribution in [0.3, 0.4) is 0 Å². The number of carbonyl (C=O) groups is 1. The molecule has 7 nitrogen and oxygen atoms in total. The van der Waals surface area contributed by atoms with Gasteiger partial charge in [-0.25, -0.2) is 0 Å². The molecule has 0 saturated carbocycles. The van der Waals surface area contributed by atoms with E-state index in [9.17, 15) is 4.79 Å². The molecule has 140 valence electrons. The van der Waals surface area contributed by atoms with E-state index < -0.39 is 0 Å². The number of likely N-dealkylation sites (tertiary alicyclic amines) is 1. The molecule has 1 aliphatic heterocycles. The number of nitrogens with zero attached hydrogens (tertiary/aromatic N) is 4. The van der Waals surface area contributed by atoms with Crippen LogP contribution in [0.5, 0.6) is 0 Å². The number of carbonyl (C=O) groups excluding carboxylic acids is 1. The van der Waals surface area contributed by atoms with Crippen molar-refractivity contribution in [2.24, 2.45) is 5.92 Å². The molecule has 2 heterocycles. The quantitative estimate of drug-likeness (QED) is 0.628. The Labute approximate surface area is 158 Å². The number of aryl methyl sites for hydroxylation is 2. The number of ether oxygens (including phenoxy) is 1. The molecular formula is C18H26N5O2S+. The van der Waals surface area contributed by atoms with Gasteiger partial charge in [-0.3, -0.25) is 4.79 Å². The summed E-state index contributed by atoms with van der Waals surface area (Å²) in [5.74, 6) is -0.0402. The van der Waals surface area contributed by atoms with Gasteiger partial charge in [0.25, 0.3) is 0 Å². The molecule has 1 N–H and O–H groups in total. The molecule has 26 heavy (non-hydrogen) atoms. The minimum Gasteiger partial charge on any atom is -0.466 e. The maximum absolute atomic E-state index is 11.9. The molecule has 0 spiro atoms. The Balaban J connectivity index is 1.66. The van der Waals surface area contributed by atoms with Crippen molar-refractivity contribution >= 4 is 18.2 Å². The number of rotatable bonds is 5. The fourth-order valence-corrected chi connectivity index (χ4v) is 3.74. The highest BCUT2D eigenvalue weighted by atomic mass is 32.1. The number of quaternary nitrogens is 1. The first-order chi connectivity index (χ1) is 12.5. The summed E-state index contributed by atoms with van der Waals surface area (Å²) >= 11 is 5.58. The van der Waals surface area contributed by atoms with Crippen LogP contribution in [0.2, 0.25) is 0 Å². The SMILES string of the molecule is CCOC(=O)C1CC[NH+](Cn2nnn(-c3cc(C)cc(C)c3)c2=S)CC1. The van der Waals surface area contributed by atoms with E-state index in [2.05, 4.69) is 42.5 Å². The molecular weight excluding hydrogens is 350 g/mol. The van der Waals surface area contributed by atoms with E-state index in [1.807, 2.05) is 6.92 Å². The van der Waals surface area contributed by atoms with Crippen molar-refractivity contribution in [3.63, 3.8) is 0 Å². The third-order valence-electron chi connectivity index (χ3n) is 4.78. The summed E-state index contributed by atoms with van der Waals surface area (Å²) < 4.78 is 9.20. The van der Waals surface area contributed by atoms with Gasteiger partial charge in [0.2, 0.25) is 4.77 Å². The summed E-state index contributed by atoms with van der Waals surface area (Å²) in [5.41, 5.74) is 3.28. The molecule has 8 heteroatoms. The van der Waals surface area contributed by atoms with E-state index in [0.717, 1.165) is 31.6 Å². The van der Waals surface area contributed by atoms with E-state index in [0.29, 0.717) is 18.0 Å². The van der Waals surface area contributed by atoms with Crippen LogP contribution in [-0.4, -0.2) is 45.5 Å². The van der Waals surface area contributed by atoms with Crippen LogP contribution in [-0.2, 0) is 16.2 Å². The van der Waals surface area contributed by atoms with Gasteiger partial charge >= 0.3 is 5.97 Å². The molecule has 0 aliphatic carbocycles. The first-order valence-electron chi connectivity index (χ1n) is 9.09. The molecule has 1 fully saturated rings. The summed E-state index contributed by atoms with van der Waals surface area (Å²) in [5, 5.41) is 8.48. The third kappa shape index (κ3) is 4.19. The van der Waals surface area contributed by atoms with Crippen molar-refractivity contribution < 1.29 is 14.4 Å². The molecule has 1 aromatic carbocycles. The second-order valence-electron chi connectivity index (χ2n) is 6.95. The van der Waals surface area contributed by atoms with Gasteiger partial charge in [0, 0.05) is 12.8 Å². The number of hydrogen-bond acceptors (Lipinski definition) is 5. The van der Waals surface area contributed by atoms with Crippen LogP contribution >= 0.6 is 12.2 Å². The Morgan fingerprint density at radius 3 is 2.50 bits per heavy atom. The van der Waals surface area contributed by atoms with Crippen molar-refractivity contribution in [2.75, 3.05) is 19.7 Å². The summed E-state index contributed by atoms with van der Waals surface area (Å²) in [4.78, 5) is 13.2. The molecule has 2 aromatic rings. The first-order valence-corrected chi connectivity index (χ1v) is 9.50. The zero-order valence-electron chi connectivity index (χ0n) is 15.6. The zero-order valence-corrected chi connectivity index (χ0v) is 16.4. The summed E-state index contributed by atoms with van der Waals surface area (Å²) in [7, 11) is 0. The molecule has 1 aromatic heterocycles.